The Labute approximate surface area is 102 Å². The Kier molecular flexibility index (Phi) is 2.54. The molecule has 0 unspecified atom stereocenters. The van der Waals surface area contributed by atoms with Gasteiger partial charge in [0.1, 0.15) is 6.61 Å². The predicted molar refractivity (Wildman–Crippen MR) is 67.7 cm³/mol. The minimum Gasteiger partial charge on any atom is -0.463 e. The summed E-state index contributed by atoms with van der Waals surface area (Å²) in [4.78, 5) is 6.90. The predicted octanol–water partition coefficient (Wildman–Crippen LogP) is 2.41. The largest absolute Gasteiger partial charge is 0.463 e. The van der Waals surface area contributed by atoms with Gasteiger partial charge in [0.25, 0.3) is 6.02 Å². The molecule has 90 valence electrons. The van der Waals surface area contributed by atoms with Crippen molar-refractivity contribution in [3.05, 3.63) is 35.4 Å². The quantitative estimate of drug-likeness (QED) is 0.740. The van der Waals surface area contributed by atoms with Crippen LogP contribution in [0.15, 0.2) is 29.3 Å². The first kappa shape index (κ1) is 10.6. The maximum atomic E-state index is 5.72. The van der Waals surface area contributed by atoms with Crippen LogP contribution in [0.25, 0.3) is 0 Å². The van der Waals surface area contributed by atoms with E-state index in [1.165, 1.54) is 11.1 Å². The molecule has 3 nitrogen and oxygen atoms in total. The van der Waals surface area contributed by atoms with Crippen LogP contribution < -0.4 is 0 Å². The second-order valence-electron chi connectivity index (χ2n) is 5.16. The molecule has 0 radical (unpaired) electrons. The zero-order valence-corrected chi connectivity index (χ0v) is 10.4. The van der Waals surface area contributed by atoms with E-state index in [9.17, 15) is 0 Å². The lowest BCUT2D eigenvalue weighted by Gasteiger charge is -2.15. The topological polar surface area (TPSA) is 24.8 Å². The Morgan fingerprint density at radius 2 is 1.88 bits per heavy atom. The summed E-state index contributed by atoms with van der Waals surface area (Å²) in [5.41, 5.74) is 2.79. The summed E-state index contributed by atoms with van der Waals surface area (Å²) in [7, 11) is 0. The molecule has 1 aromatic rings. The molecular formula is C14H18N2O. The van der Waals surface area contributed by atoms with Crippen molar-refractivity contribution >= 4 is 6.02 Å². The SMILES string of the molecule is CC(C)[C@H]1COC(N2Cc3ccccc3C2)=N1. The van der Waals surface area contributed by atoms with Crippen LogP contribution in [0, 0.1) is 5.92 Å². The van der Waals surface area contributed by atoms with E-state index in [1.807, 2.05) is 0 Å². The van der Waals surface area contributed by atoms with E-state index in [4.69, 9.17) is 4.74 Å². The van der Waals surface area contributed by atoms with E-state index in [0.29, 0.717) is 12.0 Å². The molecule has 0 fully saturated rings. The van der Waals surface area contributed by atoms with Crippen LogP contribution in [-0.2, 0) is 17.8 Å². The van der Waals surface area contributed by atoms with Crippen molar-refractivity contribution < 1.29 is 4.74 Å². The maximum Gasteiger partial charge on any atom is 0.288 e. The van der Waals surface area contributed by atoms with Gasteiger partial charge in [-0.25, -0.2) is 4.99 Å². The van der Waals surface area contributed by atoms with E-state index >= 15 is 0 Å². The maximum absolute atomic E-state index is 5.72. The fraction of sp³-hybridized carbons (Fsp3) is 0.500. The minimum absolute atomic E-state index is 0.328. The molecule has 0 saturated heterocycles. The highest BCUT2D eigenvalue weighted by Crippen LogP contribution is 2.25. The molecule has 0 aromatic heterocycles. The standard InChI is InChI=1S/C14H18N2O/c1-10(2)13-9-17-14(15-13)16-7-11-5-3-4-6-12(11)8-16/h3-6,10,13H,7-9H2,1-2H3/t13-/m1/s1. The lowest BCUT2D eigenvalue weighted by molar-refractivity contribution is 0.241. The second kappa shape index (κ2) is 4.06. The molecule has 2 aliphatic heterocycles. The van der Waals surface area contributed by atoms with E-state index in [2.05, 4.69) is 48.0 Å². The van der Waals surface area contributed by atoms with Crippen molar-refractivity contribution in [1.82, 2.24) is 4.90 Å². The highest BCUT2D eigenvalue weighted by Gasteiger charge is 2.29. The van der Waals surface area contributed by atoms with Gasteiger partial charge in [-0.1, -0.05) is 38.1 Å². The van der Waals surface area contributed by atoms with Gasteiger partial charge in [0.15, 0.2) is 0 Å². The van der Waals surface area contributed by atoms with Crippen LogP contribution in [0.3, 0.4) is 0 Å². The monoisotopic (exact) mass is 230 g/mol. The Hall–Kier alpha value is -1.51. The molecule has 0 N–H and O–H groups in total. The second-order valence-corrected chi connectivity index (χ2v) is 5.16. The van der Waals surface area contributed by atoms with Crippen LogP contribution in [-0.4, -0.2) is 23.6 Å². The van der Waals surface area contributed by atoms with Gasteiger partial charge in [0.2, 0.25) is 0 Å². The van der Waals surface area contributed by atoms with Crippen molar-refractivity contribution in [2.45, 2.75) is 33.0 Å². The zero-order chi connectivity index (χ0) is 11.8. The molecule has 2 heterocycles. The van der Waals surface area contributed by atoms with Crippen molar-refractivity contribution in [1.29, 1.82) is 0 Å². The normalized spacial score (nSPS) is 22.6. The van der Waals surface area contributed by atoms with Crippen LogP contribution >= 0.6 is 0 Å². The van der Waals surface area contributed by atoms with Gasteiger partial charge in [-0.15, -0.1) is 0 Å². The average Bonchev–Trinajstić information content (AvgIpc) is 2.95. The molecule has 0 saturated carbocycles. The van der Waals surface area contributed by atoms with Crippen LogP contribution in [0.5, 0.6) is 0 Å². The molecule has 1 atom stereocenters. The molecule has 0 spiro atoms. The summed E-state index contributed by atoms with van der Waals surface area (Å²) in [5, 5.41) is 0. The van der Waals surface area contributed by atoms with Crippen LogP contribution in [0.4, 0.5) is 0 Å². The smallest absolute Gasteiger partial charge is 0.288 e. The van der Waals surface area contributed by atoms with Gasteiger partial charge in [0, 0.05) is 13.1 Å². The lowest BCUT2D eigenvalue weighted by Crippen LogP contribution is -2.25. The van der Waals surface area contributed by atoms with E-state index in [0.717, 1.165) is 25.7 Å². The van der Waals surface area contributed by atoms with Crippen molar-refractivity contribution in [3.63, 3.8) is 0 Å². The Balaban J connectivity index is 1.75. The molecule has 0 aliphatic carbocycles. The fourth-order valence-electron chi connectivity index (χ4n) is 2.36. The van der Waals surface area contributed by atoms with E-state index in [-0.39, 0.29) is 0 Å². The first-order valence-electron chi connectivity index (χ1n) is 6.26. The third-order valence-corrected chi connectivity index (χ3v) is 3.54. The van der Waals surface area contributed by atoms with Gasteiger partial charge in [-0.3, -0.25) is 0 Å². The van der Waals surface area contributed by atoms with Gasteiger partial charge in [-0.2, -0.15) is 0 Å². The fourth-order valence-corrected chi connectivity index (χ4v) is 2.36. The highest BCUT2D eigenvalue weighted by atomic mass is 16.5. The Morgan fingerprint density at radius 3 is 2.41 bits per heavy atom. The Morgan fingerprint density at radius 1 is 1.24 bits per heavy atom. The molecule has 2 aliphatic rings. The minimum atomic E-state index is 0.328. The first-order chi connectivity index (χ1) is 8.24. The summed E-state index contributed by atoms with van der Waals surface area (Å²) in [6.07, 6.45) is 0. The number of benzene rings is 1. The number of hydrogen-bond donors (Lipinski definition) is 0. The molecular weight excluding hydrogens is 212 g/mol. The van der Waals surface area contributed by atoms with Crippen molar-refractivity contribution in [3.8, 4) is 0 Å². The van der Waals surface area contributed by atoms with E-state index in [1.54, 1.807) is 0 Å². The summed E-state index contributed by atoms with van der Waals surface area (Å²) in [6.45, 7) is 6.98. The number of hydrogen-bond acceptors (Lipinski definition) is 3. The summed E-state index contributed by atoms with van der Waals surface area (Å²) >= 11 is 0. The van der Waals surface area contributed by atoms with Crippen molar-refractivity contribution in [2.75, 3.05) is 6.61 Å². The third kappa shape index (κ3) is 1.90. The van der Waals surface area contributed by atoms with Crippen LogP contribution in [0.1, 0.15) is 25.0 Å². The average molecular weight is 230 g/mol. The number of fused-ring (bicyclic) bond motifs is 1. The molecule has 3 heteroatoms. The summed E-state index contributed by atoms with van der Waals surface area (Å²) in [6, 6.07) is 9.72. The summed E-state index contributed by atoms with van der Waals surface area (Å²) in [5.74, 6) is 0.553. The van der Waals surface area contributed by atoms with Gasteiger partial charge < -0.3 is 9.64 Å². The highest BCUT2D eigenvalue weighted by molar-refractivity contribution is 5.76. The van der Waals surface area contributed by atoms with Gasteiger partial charge >= 0.3 is 0 Å². The molecule has 3 rings (SSSR count). The zero-order valence-electron chi connectivity index (χ0n) is 10.4. The number of nitrogens with zero attached hydrogens (tertiary/aromatic N) is 2. The number of ether oxygens (including phenoxy) is 1. The third-order valence-electron chi connectivity index (χ3n) is 3.54. The van der Waals surface area contributed by atoms with Crippen molar-refractivity contribution in [2.24, 2.45) is 10.9 Å². The first-order valence-corrected chi connectivity index (χ1v) is 6.26. The number of amidine groups is 1. The lowest BCUT2D eigenvalue weighted by atomic mass is 10.1. The molecule has 0 amide bonds. The van der Waals surface area contributed by atoms with Crippen LogP contribution in [0.2, 0.25) is 0 Å². The number of aliphatic imine (C=N–C) groups is 1. The van der Waals surface area contributed by atoms with Gasteiger partial charge in [0.05, 0.1) is 6.04 Å². The Bertz CT molecular complexity index is 428. The summed E-state index contributed by atoms with van der Waals surface area (Å²) < 4.78 is 5.72. The van der Waals surface area contributed by atoms with Gasteiger partial charge in [-0.05, 0) is 17.0 Å². The molecule has 1 aromatic carbocycles. The molecule has 0 bridgehead atoms. The number of rotatable bonds is 1. The van der Waals surface area contributed by atoms with E-state index < -0.39 is 0 Å². The molecule has 17 heavy (non-hydrogen) atoms.